The highest BCUT2D eigenvalue weighted by atomic mass is 14.4. The van der Waals surface area contributed by atoms with E-state index in [-0.39, 0.29) is 0 Å². The van der Waals surface area contributed by atoms with Crippen LogP contribution in [0.15, 0.2) is 11.6 Å². The summed E-state index contributed by atoms with van der Waals surface area (Å²) in [5.74, 6) is 1.87. The molecule has 0 spiro atoms. The van der Waals surface area contributed by atoms with Gasteiger partial charge < -0.3 is 0 Å². The van der Waals surface area contributed by atoms with E-state index in [1.165, 1.54) is 32.1 Å². The fourth-order valence-electron chi connectivity index (χ4n) is 3.36. The van der Waals surface area contributed by atoms with Crippen LogP contribution in [0.25, 0.3) is 0 Å². The van der Waals surface area contributed by atoms with Crippen LogP contribution in [-0.4, -0.2) is 0 Å². The summed E-state index contributed by atoms with van der Waals surface area (Å²) in [6.45, 7) is 7.28. The van der Waals surface area contributed by atoms with Gasteiger partial charge in [-0.05, 0) is 49.9 Å². The first kappa shape index (κ1) is 9.30. The Morgan fingerprint density at radius 1 is 1.38 bits per heavy atom. The molecule has 0 aromatic carbocycles. The second-order valence-corrected chi connectivity index (χ2v) is 5.57. The van der Waals surface area contributed by atoms with Crippen molar-refractivity contribution in [1.29, 1.82) is 0 Å². The molecule has 0 aromatic heterocycles. The van der Waals surface area contributed by atoms with E-state index in [9.17, 15) is 0 Å². The number of allylic oxidation sites excluding steroid dienone is 2. The maximum atomic E-state index is 2.51. The molecular formula is C13H22. The van der Waals surface area contributed by atoms with Crippen LogP contribution in [0, 0.1) is 17.3 Å². The number of hydrogen-bond donors (Lipinski definition) is 0. The van der Waals surface area contributed by atoms with Crippen LogP contribution in [0.5, 0.6) is 0 Å². The Hall–Kier alpha value is -0.260. The third-order valence-electron chi connectivity index (χ3n) is 4.42. The zero-order valence-electron chi connectivity index (χ0n) is 9.27. The van der Waals surface area contributed by atoms with Gasteiger partial charge in [-0.3, -0.25) is 0 Å². The van der Waals surface area contributed by atoms with E-state index in [1.54, 1.807) is 5.57 Å². The van der Waals surface area contributed by atoms with Gasteiger partial charge in [0.2, 0.25) is 0 Å². The second kappa shape index (κ2) is 3.15. The molecule has 0 nitrogen and oxygen atoms in total. The first-order valence-corrected chi connectivity index (χ1v) is 5.78. The lowest BCUT2D eigenvalue weighted by Crippen LogP contribution is -2.36. The minimum absolute atomic E-state index is 0.658. The van der Waals surface area contributed by atoms with Gasteiger partial charge in [0.15, 0.2) is 0 Å². The molecule has 2 aliphatic rings. The molecule has 0 aromatic rings. The molecule has 0 N–H and O–H groups in total. The Morgan fingerprint density at radius 2 is 2.15 bits per heavy atom. The van der Waals surface area contributed by atoms with Crippen molar-refractivity contribution >= 4 is 0 Å². The molecule has 2 aliphatic carbocycles. The molecule has 3 unspecified atom stereocenters. The van der Waals surface area contributed by atoms with Crippen molar-refractivity contribution < 1.29 is 0 Å². The molecule has 0 heteroatoms. The Bertz CT molecular complexity index is 226. The van der Waals surface area contributed by atoms with Gasteiger partial charge in [0, 0.05) is 0 Å². The van der Waals surface area contributed by atoms with Crippen LogP contribution in [0.2, 0.25) is 0 Å². The van der Waals surface area contributed by atoms with Crippen molar-refractivity contribution in [3.8, 4) is 0 Å². The lowest BCUT2D eigenvalue weighted by Gasteiger charge is -2.47. The van der Waals surface area contributed by atoms with Crippen LogP contribution in [-0.2, 0) is 0 Å². The average molecular weight is 178 g/mol. The number of rotatable bonds is 0. The van der Waals surface area contributed by atoms with Crippen LogP contribution in [0.3, 0.4) is 0 Å². The van der Waals surface area contributed by atoms with Crippen LogP contribution in [0.1, 0.15) is 52.9 Å². The van der Waals surface area contributed by atoms with Crippen molar-refractivity contribution in [1.82, 2.24) is 0 Å². The predicted molar refractivity (Wildman–Crippen MR) is 57.6 cm³/mol. The van der Waals surface area contributed by atoms with Crippen molar-refractivity contribution in [2.45, 2.75) is 52.9 Å². The van der Waals surface area contributed by atoms with Gasteiger partial charge in [0.1, 0.15) is 0 Å². The summed E-state index contributed by atoms with van der Waals surface area (Å²) in [7, 11) is 0. The third-order valence-corrected chi connectivity index (χ3v) is 4.42. The van der Waals surface area contributed by atoms with E-state index in [4.69, 9.17) is 0 Å². The summed E-state index contributed by atoms with van der Waals surface area (Å²) in [6, 6.07) is 0. The van der Waals surface area contributed by atoms with Crippen molar-refractivity contribution in [2.24, 2.45) is 17.3 Å². The van der Waals surface area contributed by atoms with Gasteiger partial charge >= 0.3 is 0 Å². The highest BCUT2D eigenvalue weighted by Gasteiger charge is 2.40. The van der Waals surface area contributed by atoms with E-state index >= 15 is 0 Å². The van der Waals surface area contributed by atoms with Gasteiger partial charge in [-0.15, -0.1) is 0 Å². The zero-order chi connectivity index (χ0) is 9.47. The van der Waals surface area contributed by atoms with Gasteiger partial charge in [0.05, 0.1) is 0 Å². The molecule has 1 fully saturated rings. The minimum atomic E-state index is 0.658. The average Bonchev–Trinajstić information content (AvgIpc) is 2.08. The van der Waals surface area contributed by atoms with Crippen molar-refractivity contribution in [2.75, 3.05) is 0 Å². The number of hydrogen-bond acceptors (Lipinski definition) is 0. The fraction of sp³-hybridized carbons (Fsp3) is 0.846. The minimum Gasteiger partial charge on any atom is -0.0853 e. The smallest absolute Gasteiger partial charge is 0.0149 e. The summed E-state index contributed by atoms with van der Waals surface area (Å²) in [6.07, 6.45) is 9.60. The standard InChI is InChI=1S/C13H22/c1-10-6-8-13(3)7-4-5-11(2)12(13)9-10/h5,10,12H,4,6-9H2,1-3H3. The van der Waals surface area contributed by atoms with E-state index in [0.29, 0.717) is 5.41 Å². The molecule has 2 rings (SSSR count). The maximum absolute atomic E-state index is 2.51. The molecule has 0 heterocycles. The zero-order valence-corrected chi connectivity index (χ0v) is 9.27. The molecule has 13 heavy (non-hydrogen) atoms. The van der Waals surface area contributed by atoms with Gasteiger partial charge in [-0.2, -0.15) is 0 Å². The summed E-state index contributed by atoms with van der Waals surface area (Å²) >= 11 is 0. The molecule has 74 valence electrons. The highest BCUT2D eigenvalue weighted by Crippen LogP contribution is 2.51. The highest BCUT2D eigenvalue weighted by molar-refractivity contribution is 5.14. The summed E-state index contributed by atoms with van der Waals surface area (Å²) in [5, 5.41) is 0. The molecule has 1 saturated carbocycles. The lowest BCUT2D eigenvalue weighted by molar-refractivity contribution is 0.0931. The molecule has 0 aliphatic heterocycles. The lowest BCUT2D eigenvalue weighted by atomic mass is 9.58. The SMILES string of the molecule is CC1=CCCC2(C)CCC(C)CC12. The van der Waals surface area contributed by atoms with Gasteiger partial charge in [-0.25, -0.2) is 0 Å². The number of fused-ring (bicyclic) bond motifs is 1. The fourth-order valence-corrected chi connectivity index (χ4v) is 3.36. The van der Waals surface area contributed by atoms with Crippen LogP contribution in [0.4, 0.5) is 0 Å². The Balaban J connectivity index is 2.22. The summed E-state index contributed by atoms with van der Waals surface area (Å²) in [4.78, 5) is 0. The second-order valence-electron chi connectivity index (χ2n) is 5.57. The first-order valence-electron chi connectivity index (χ1n) is 5.78. The molecule has 0 amide bonds. The Morgan fingerprint density at radius 3 is 2.92 bits per heavy atom. The largest absolute Gasteiger partial charge is 0.0853 e. The summed E-state index contributed by atoms with van der Waals surface area (Å²) < 4.78 is 0. The van der Waals surface area contributed by atoms with Crippen molar-refractivity contribution in [3.63, 3.8) is 0 Å². The Labute approximate surface area is 82.4 Å². The molecule has 0 saturated heterocycles. The third kappa shape index (κ3) is 1.56. The molecule has 0 bridgehead atoms. The summed E-state index contributed by atoms with van der Waals surface area (Å²) in [5.41, 5.74) is 2.34. The quantitative estimate of drug-likeness (QED) is 0.488. The van der Waals surface area contributed by atoms with Crippen LogP contribution >= 0.6 is 0 Å². The van der Waals surface area contributed by atoms with Crippen LogP contribution < -0.4 is 0 Å². The normalized spacial score (nSPS) is 45.3. The van der Waals surface area contributed by atoms with Gasteiger partial charge in [0.25, 0.3) is 0 Å². The van der Waals surface area contributed by atoms with Crippen molar-refractivity contribution in [3.05, 3.63) is 11.6 Å². The van der Waals surface area contributed by atoms with E-state index in [1.807, 2.05) is 0 Å². The first-order chi connectivity index (χ1) is 6.12. The Kier molecular flexibility index (Phi) is 2.25. The van der Waals surface area contributed by atoms with E-state index < -0.39 is 0 Å². The molecule has 3 atom stereocenters. The van der Waals surface area contributed by atoms with E-state index in [0.717, 1.165) is 11.8 Å². The molecular weight excluding hydrogens is 156 g/mol. The predicted octanol–water partition coefficient (Wildman–Crippen LogP) is 4.17. The monoisotopic (exact) mass is 178 g/mol. The molecule has 0 radical (unpaired) electrons. The van der Waals surface area contributed by atoms with E-state index in [2.05, 4.69) is 26.8 Å². The topological polar surface area (TPSA) is 0 Å². The maximum Gasteiger partial charge on any atom is -0.0149 e. The van der Waals surface area contributed by atoms with Gasteiger partial charge in [-0.1, -0.05) is 31.9 Å².